The summed E-state index contributed by atoms with van der Waals surface area (Å²) in [5, 5.41) is 3.06. The van der Waals surface area contributed by atoms with Gasteiger partial charge in [-0.1, -0.05) is 23.7 Å². The van der Waals surface area contributed by atoms with Gasteiger partial charge in [0.15, 0.2) is 6.10 Å². The fourth-order valence-electron chi connectivity index (χ4n) is 2.33. The van der Waals surface area contributed by atoms with E-state index in [2.05, 4.69) is 16.2 Å². The van der Waals surface area contributed by atoms with Gasteiger partial charge in [0.2, 0.25) is 11.8 Å². The number of ether oxygens (including phenoxy) is 2. The molecule has 0 saturated heterocycles. The first-order valence-electron chi connectivity index (χ1n) is 9.41. The lowest BCUT2D eigenvalue weighted by atomic mass is 10.2. The number of carbonyl (C=O) groups is 3. The predicted molar refractivity (Wildman–Crippen MR) is 113 cm³/mol. The van der Waals surface area contributed by atoms with Crippen LogP contribution in [0.2, 0.25) is 5.02 Å². The Morgan fingerprint density at radius 2 is 1.63 bits per heavy atom. The summed E-state index contributed by atoms with van der Waals surface area (Å²) in [5.74, 6) is -0.314. The predicted octanol–water partition coefficient (Wildman–Crippen LogP) is 3.07. The van der Waals surface area contributed by atoms with Gasteiger partial charge in [-0.05, 0) is 50.2 Å². The number of hydrogen-bond donors (Lipinski definition) is 3. The highest BCUT2D eigenvalue weighted by Crippen LogP contribution is 2.24. The Balaban J connectivity index is 1.69. The molecule has 0 fully saturated rings. The number of anilines is 1. The second-order valence-electron chi connectivity index (χ2n) is 6.23. The van der Waals surface area contributed by atoms with E-state index in [1.54, 1.807) is 48.5 Å². The molecule has 160 valence electrons. The van der Waals surface area contributed by atoms with E-state index in [9.17, 15) is 14.4 Å². The molecule has 30 heavy (non-hydrogen) atoms. The molecule has 0 aliphatic heterocycles. The summed E-state index contributed by atoms with van der Waals surface area (Å²) in [6, 6.07) is 13.7. The maximum absolute atomic E-state index is 12.0. The fraction of sp³-hybridized carbons (Fsp3) is 0.286. The molecule has 0 aliphatic carbocycles. The third-order valence-corrected chi connectivity index (χ3v) is 4.18. The molecule has 0 spiro atoms. The van der Waals surface area contributed by atoms with Gasteiger partial charge in [-0.15, -0.1) is 0 Å². The lowest BCUT2D eigenvalue weighted by Gasteiger charge is -2.15. The van der Waals surface area contributed by atoms with Gasteiger partial charge in [-0.25, -0.2) is 0 Å². The minimum atomic E-state index is -0.881. The number of amides is 3. The fourth-order valence-corrected chi connectivity index (χ4v) is 2.51. The van der Waals surface area contributed by atoms with Crippen molar-refractivity contribution in [2.24, 2.45) is 0 Å². The summed E-state index contributed by atoms with van der Waals surface area (Å²) in [7, 11) is 0. The normalized spacial score (nSPS) is 11.2. The average Bonchev–Trinajstić information content (AvgIpc) is 2.73. The van der Waals surface area contributed by atoms with Crippen molar-refractivity contribution in [2.75, 3.05) is 11.9 Å². The van der Waals surface area contributed by atoms with Gasteiger partial charge in [0.1, 0.15) is 11.5 Å². The second kappa shape index (κ2) is 11.7. The molecule has 2 aromatic rings. The van der Waals surface area contributed by atoms with Crippen LogP contribution in [0.4, 0.5) is 5.69 Å². The summed E-state index contributed by atoms with van der Waals surface area (Å²) in [6.07, 6.45) is -1.02. The van der Waals surface area contributed by atoms with E-state index >= 15 is 0 Å². The average molecular weight is 434 g/mol. The molecule has 1 atom stereocenters. The third-order valence-electron chi connectivity index (χ3n) is 3.86. The number of halogens is 1. The van der Waals surface area contributed by atoms with Crippen LogP contribution in [0.15, 0.2) is 48.5 Å². The molecule has 8 nitrogen and oxygen atoms in total. The summed E-state index contributed by atoms with van der Waals surface area (Å²) >= 11 is 5.98. The molecule has 9 heteroatoms. The van der Waals surface area contributed by atoms with Crippen molar-refractivity contribution in [1.82, 2.24) is 10.9 Å². The summed E-state index contributed by atoms with van der Waals surface area (Å²) < 4.78 is 10.8. The van der Waals surface area contributed by atoms with Crippen LogP contribution in [-0.4, -0.2) is 30.4 Å². The number of hydrogen-bond acceptors (Lipinski definition) is 5. The molecule has 0 aromatic heterocycles. The zero-order chi connectivity index (χ0) is 21.9. The van der Waals surface area contributed by atoms with Crippen LogP contribution >= 0.6 is 11.6 Å². The SMILES string of the molecule is CCOc1ccc(NC(=O)CCC(=O)NNC(=O)C(C)Oc2ccccc2Cl)cc1. The van der Waals surface area contributed by atoms with Crippen molar-refractivity contribution in [3.8, 4) is 11.5 Å². The first-order valence-corrected chi connectivity index (χ1v) is 9.79. The van der Waals surface area contributed by atoms with Gasteiger partial charge in [0.25, 0.3) is 5.91 Å². The lowest BCUT2D eigenvalue weighted by Crippen LogP contribution is -2.47. The van der Waals surface area contributed by atoms with Crippen LogP contribution < -0.4 is 25.6 Å². The molecule has 3 amide bonds. The number of hydrazine groups is 1. The van der Waals surface area contributed by atoms with Crippen molar-refractivity contribution >= 4 is 35.0 Å². The largest absolute Gasteiger partial charge is 0.494 e. The standard InChI is InChI=1S/C21H24ClN3O5/c1-3-29-16-10-8-15(9-11-16)23-19(26)12-13-20(27)24-25-21(28)14(2)30-18-7-5-4-6-17(18)22/h4-11,14H,3,12-13H2,1-2H3,(H,23,26)(H,24,27)(H,25,28). The highest BCUT2D eigenvalue weighted by Gasteiger charge is 2.17. The van der Waals surface area contributed by atoms with Crippen molar-refractivity contribution in [3.05, 3.63) is 53.6 Å². The summed E-state index contributed by atoms with van der Waals surface area (Å²) in [6.45, 7) is 3.97. The maximum atomic E-state index is 12.0. The van der Waals surface area contributed by atoms with Crippen LogP contribution in [0.5, 0.6) is 11.5 Å². The molecule has 1 unspecified atom stereocenters. The van der Waals surface area contributed by atoms with Crippen LogP contribution in [0.25, 0.3) is 0 Å². The van der Waals surface area contributed by atoms with Crippen LogP contribution in [0.3, 0.4) is 0 Å². The Kier molecular flexibility index (Phi) is 8.96. The van der Waals surface area contributed by atoms with Crippen molar-refractivity contribution < 1.29 is 23.9 Å². The van der Waals surface area contributed by atoms with Gasteiger partial charge >= 0.3 is 0 Å². The molecule has 2 rings (SSSR count). The molecule has 0 saturated carbocycles. The van der Waals surface area contributed by atoms with E-state index in [1.165, 1.54) is 6.92 Å². The van der Waals surface area contributed by atoms with Crippen LogP contribution in [-0.2, 0) is 14.4 Å². The van der Waals surface area contributed by atoms with Crippen molar-refractivity contribution in [2.45, 2.75) is 32.8 Å². The van der Waals surface area contributed by atoms with E-state index in [0.717, 1.165) is 0 Å². The van der Waals surface area contributed by atoms with E-state index in [0.29, 0.717) is 28.8 Å². The number of nitrogens with one attached hydrogen (secondary N) is 3. The number of carbonyl (C=O) groups excluding carboxylic acids is 3. The first kappa shape index (κ1) is 23.0. The van der Waals surface area contributed by atoms with Gasteiger partial charge in [0.05, 0.1) is 11.6 Å². The summed E-state index contributed by atoms with van der Waals surface area (Å²) in [5.41, 5.74) is 5.12. The molecular weight excluding hydrogens is 410 g/mol. The Labute approximate surface area is 179 Å². The zero-order valence-electron chi connectivity index (χ0n) is 16.7. The van der Waals surface area contributed by atoms with Crippen molar-refractivity contribution in [3.63, 3.8) is 0 Å². The van der Waals surface area contributed by atoms with Gasteiger partial charge < -0.3 is 14.8 Å². The number of benzene rings is 2. The smallest absolute Gasteiger partial charge is 0.279 e. The van der Waals surface area contributed by atoms with Crippen LogP contribution in [0.1, 0.15) is 26.7 Å². The molecule has 0 aliphatic rings. The van der Waals surface area contributed by atoms with Gasteiger partial charge in [0, 0.05) is 18.5 Å². The van der Waals surface area contributed by atoms with E-state index < -0.39 is 17.9 Å². The molecule has 0 heterocycles. The second-order valence-corrected chi connectivity index (χ2v) is 6.64. The highest BCUT2D eigenvalue weighted by atomic mass is 35.5. The zero-order valence-corrected chi connectivity index (χ0v) is 17.5. The lowest BCUT2D eigenvalue weighted by molar-refractivity contribution is -0.133. The molecule has 0 radical (unpaired) electrons. The Hall–Kier alpha value is -3.26. The minimum absolute atomic E-state index is 0.0411. The van der Waals surface area contributed by atoms with E-state index in [1.807, 2.05) is 6.92 Å². The van der Waals surface area contributed by atoms with Crippen molar-refractivity contribution in [1.29, 1.82) is 0 Å². The topological polar surface area (TPSA) is 106 Å². The third kappa shape index (κ3) is 7.63. The van der Waals surface area contributed by atoms with Gasteiger partial charge in [-0.3, -0.25) is 25.2 Å². The maximum Gasteiger partial charge on any atom is 0.279 e. The molecule has 0 bridgehead atoms. The van der Waals surface area contributed by atoms with E-state index in [-0.39, 0.29) is 18.7 Å². The number of rotatable bonds is 9. The number of para-hydroxylation sites is 1. The first-order chi connectivity index (χ1) is 14.4. The Morgan fingerprint density at radius 3 is 2.30 bits per heavy atom. The highest BCUT2D eigenvalue weighted by molar-refractivity contribution is 6.32. The molecule has 3 N–H and O–H groups in total. The van der Waals surface area contributed by atoms with E-state index in [4.69, 9.17) is 21.1 Å². The quantitative estimate of drug-likeness (QED) is 0.527. The Morgan fingerprint density at radius 1 is 0.967 bits per heavy atom. The molecule has 2 aromatic carbocycles. The Bertz CT molecular complexity index is 873. The molecular formula is C21H24ClN3O5. The summed E-state index contributed by atoms with van der Waals surface area (Å²) in [4.78, 5) is 35.9. The van der Waals surface area contributed by atoms with Gasteiger partial charge in [-0.2, -0.15) is 0 Å². The minimum Gasteiger partial charge on any atom is -0.494 e. The van der Waals surface area contributed by atoms with Crippen LogP contribution in [0, 0.1) is 0 Å². The monoisotopic (exact) mass is 433 g/mol.